The van der Waals surface area contributed by atoms with Gasteiger partial charge < -0.3 is 0 Å². The van der Waals surface area contributed by atoms with Crippen LogP contribution in [0.25, 0.3) is 0 Å². The maximum absolute atomic E-state index is 2.85. The van der Waals surface area contributed by atoms with Crippen molar-refractivity contribution in [1.29, 1.82) is 0 Å². The summed E-state index contributed by atoms with van der Waals surface area (Å²) in [7, 11) is 2.85. The normalized spacial score (nSPS) is 14.8. The van der Waals surface area contributed by atoms with E-state index in [9.17, 15) is 0 Å². The minimum atomic E-state index is 0.922. The summed E-state index contributed by atoms with van der Waals surface area (Å²) in [6, 6.07) is 0. The van der Waals surface area contributed by atoms with Crippen LogP contribution in [0.5, 0.6) is 0 Å². The van der Waals surface area contributed by atoms with Gasteiger partial charge in [-0.3, -0.25) is 0 Å². The zero-order chi connectivity index (χ0) is 12.4. The van der Waals surface area contributed by atoms with Gasteiger partial charge in [0.05, 0.1) is 0 Å². The smallest absolute Gasteiger partial charge is 0.0286 e. The Morgan fingerprint density at radius 1 is 1.06 bits per heavy atom. The van der Waals surface area contributed by atoms with Crippen molar-refractivity contribution in [2.75, 3.05) is 6.16 Å². The fourth-order valence-corrected chi connectivity index (χ4v) is 2.82. The summed E-state index contributed by atoms with van der Waals surface area (Å²) in [4.78, 5) is 0. The van der Waals surface area contributed by atoms with E-state index in [4.69, 9.17) is 0 Å². The molecule has 0 aliphatic rings. The second kappa shape index (κ2) is 10.3. The van der Waals surface area contributed by atoms with Crippen LogP contribution in [0.3, 0.4) is 0 Å². The molecule has 0 aromatic heterocycles. The van der Waals surface area contributed by atoms with Gasteiger partial charge in [0.15, 0.2) is 0 Å². The minimum Gasteiger partial charge on any atom is -0.137 e. The zero-order valence-corrected chi connectivity index (χ0v) is 13.0. The van der Waals surface area contributed by atoms with Crippen LogP contribution < -0.4 is 0 Å². The predicted octanol–water partition coefficient (Wildman–Crippen LogP) is 5.58. The molecule has 1 heteroatoms. The Kier molecular flexibility index (Phi) is 10.4. The van der Waals surface area contributed by atoms with E-state index in [1.54, 1.807) is 11.1 Å². The number of allylic oxidation sites excluding steroid dienone is 2. The summed E-state index contributed by atoms with van der Waals surface area (Å²) in [5.74, 6) is 0.922. The van der Waals surface area contributed by atoms with Gasteiger partial charge in [0.25, 0.3) is 0 Å². The molecular weight excluding hydrogens is 211 g/mol. The van der Waals surface area contributed by atoms with Gasteiger partial charge in [-0.05, 0) is 38.3 Å². The first-order valence-electron chi connectivity index (χ1n) is 7.06. The maximum Gasteiger partial charge on any atom is -0.0286 e. The fourth-order valence-electron chi connectivity index (χ4n) is 2.39. The van der Waals surface area contributed by atoms with Crippen molar-refractivity contribution in [3.63, 3.8) is 0 Å². The summed E-state index contributed by atoms with van der Waals surface area (Å²) >= 11 is 0. The highest BCUT2D eigenvalue weighted by Crippen LogP contribution is 2.26. The Bertz CT molecular complexity index is 194. The monoisotopic (exact) mass is 242 g/mol. The zero-order valence-electron chi connectivity index (χ0n) is 11.8. The lowest BCUT2D eigenvalue weighted by Crippen LogP contribution is -2.02. The van der Waals surface area contributed by atoms with E-state index in [1.807, 2.05) is 0 Å². The minimum absolute atomic E-state index is 0.922. The average molecular weight is 242 g/mol. The molecule has 0 bridgehead atoms. The topological polar surface area (TPSA) is 0 Å². The molecule has 0 amide bonds. The van der Waals surface area contributed by atoms with Crippen LogP contribution in [-0.4, -0.2) is 6.16 Å². The summed E-state index contributed by atoms with van der Waals surface area (Å²) in [5.41, 5.74) is 3.41. The predicted molar refractivity (Wildman–Crippen MR) is 80.1 cm³/mol. The van der Waals surface area contributed by atoms with E-state index in [0.29, 0.717) is 0 Å². The van der Waals surface area contributed by atoms with E-state index in [1.165, 1.54) is 51.1 Å². The Balaban J connectivity index is 4.45. The van der Waals surface area contributed by atoms with E-state index in [-0.39, 0.29) is 0 Å². The second-order valence-electron chi connectivity index (χ2n) is 4.94. The first-order valence-corrected chi connectivity index (χ1v) is 7.88. The van der Waals surface area contributed by atoms with E-state index < -0.39 is 0 Å². The second-order valence-corrected chi connectivity index (χ2v) is 5.52. The largest absolute Gasteiger partial charge is 0.137 e. The van der Waals surface area contributed by atoms with Crippen molar-refractivity contribution in [3.05, 3.63) is 11.1 Å². The summed E-state index contributed by atoms with van der Waals surface area (Å²) in [6.07, 6.45) is 10.5. The van der Waals surface area contributed by atoms with Gasteiger partial charge >= 0.3 is 0 Å². The van der Waals surface area contributed by atoms with Gasteiger partial charge in [0.2, 0.25) is 0 Å². The molecule has 0 saturated heterocycles. The fraction of sp³-hybridized carbons (Fsp3) is 0.867. The molecule has 2 unspecified atom stereocenters. The molecular formula is C15H31P. The van der Waals surface area contributed by atoms with Gasteiger partial charge in [-0.15, -0.1) is 9.24 Å². The molecule has 2 atom stereocenters. The van der Waals surface area contributed by atoms with Crippen LogP contribution in [0.1, 0.15) is 72.6 Å². The molecule has 0 heterocycles. The molecule has 0 spiro atoms. The molecule has 0 aliphatic carbocycles. The SMILES string of the molecule is CCC/C(CC(CC)CCC)=C(\C)CCP. The maximum atomic E-state index is 2.85. The van der Waals surface area contributed by atoms with E-state index in [2.05, 4.69) is 36.9 Å². The van der Waals surface area contributed by atoms with Crippen LogP contribution in [0.15, 0.2) is 11.1 Å². The van der Waals surface area contributed by atoms with Gasteiger partial charge in [-0.1, -0.05) is 57.6 Å². The van der Waals surface area contributed by atoms with Crippen LogP contribution in [-0.2, 0) is 0 Å². The van der Waals surface area contributed by atoms with Crippen LogP contribution in [0.2, 0.25) is 0 Å². The van der Waals surface area contributed by atoms with Crippen molar-refractivity contribution in [2.24, 2.45) is 5.92 Å². The van der Waals surface area contributed by atoms with Crippen LogP contribution in [0.4, 0.5) is 0 Å². The first kappa shape index (κ1) is 16.2. The lowest BCUT2D eigenvalue weighted by molar-refractivity contribution is 0.452. The molecule has 0 aromatic rings. The van der Waals surface area contributed by atoms with Crippen molar-refractivity contribution in [1.82, 2.24) is 0 Å². The Labute approximate surface area is 105 Å². The summed E-state index contributed by atoms with van der Waals surface area (Å²) < 4.78 is 0. The molecule has 0 saturated carbocycles. The lowest BCUT2D eigenvalue weighted by atomic mass is 9.88. The summed E-state index contributed by atoms with van der Waals surface area (Å²) in [5, 5.41) is 0. The lowest BCUT2D eigenvalue weighted by Gasteiger charge is -2.18. The Morgan fingerprint density at radius 2 is 1.75 bits per heavy atom. The molecule has 0 rings (SSSR count). The van der Waals surface area contributed by atoms with Crippen LogP contribution >= 0.6 is 9.24 Å². The van der Waals surface area contributed by atoms with Crippen molar-refractivity contribution in [2.45, 2.75) is 72.6 Å². The van der Waals surface area contributed by atoms with Gasteiger partial charge in [-0.2, -0.15) is 0 Å². The van der Waals surface area contributed by atoms with Gasteiger partial charge in [0.1, 0.15) is 0 Å². The average Bonchev–Trinajstić information content (AvgIpc) is 2.27. The molecule has 0 fully saturated rings. The summed E-state index contributed by atoms with van der Waals surface area (Å²) in [6.45, 7) is 9.29. The highest BCUT2D eigenvalue weighted by Gasteiger charge is 2.10. The van der Waals surface area contributed by atoms with Crippen molar-refractivity contribution >= 4 is 9.24 Å². The third-order valence-corrected chi connectivity index (χ3v) is 3.77. The Morgan fingerprint density at radius 3 is 2.19 bits per heavy atom. The third kappa shape index (κ3) is 6.69. The van der Waals surface area contributed by atoms with E-state index in [0.717, 1.165) is 5.92 Å². The molecule has 0 aromatic carbocycles. The molecule has 0 aliphatic heterocycles. The van der Waals surface area contributed by atoms with Crippen LogP contribution in [0, 0.1) is 5.92 Å². The highest BCUT2D eigenvalue weighted by molar-refractivity contribution is 7.16. The standard InChI is InChI=1S/C15H31P/c1-5-8-14(7-3)12-15(9-6-2)13(4)10-11-16/h14H,5-12,16H2,1-4H3/b15-13-. The molecule has 16 heavy (non-hydrogen) atoms. The van der Waals surface area contributed by atoms with Gasteiger partial charge in [0, 0.05) is 0 Å². The number of hydrogen-bond acceptors (Lipinski definition) is 0. The highest BCUT2D eigenvalue weighted by atomic mass is 31.0. The molecule has 0 radical (unpaired) electrons. The van der Waals surface area contributed by atoms with Crippen molar-refractivity contribution < 1.29 is 0 Å². The van der Waals surface area contributed by atoms with Crippen molar-refractivity contribution in [3.8, 4) is 0 Å². The first-order chi connectivity index (χ1) is 7.69. The van der Waals surface area contributed by atoms with Gasteiger partial charge in [-0.25, -0.2) is 0 Å². The molecule has 96 valence electrons. The quantitative estimate of drug-likeness (QED) is 0.365. The van der Waals surface area contributed by atoms with E-state index >= 15 is 0 Å². The Hall–Kier alpha value is 0.170. The number of hydrogen-bond donors (Lipinski definition) is 0. The number of rotatable bonds is 9. The molecule has 0 nitrogen and oxygen atoms in total. The third-order valence-electron chi connectivity index (χ3n) is 3.48. The molecule has 0 N–H and O–H groups in total.